The second-order valence-corrected chi connectivity index (χ2v) is 7.64. The standard InChI is InChI=1S/C11H14BrNO4S/c1-11(10(14)15,18(2,16)17)6-5-9-4-3-8(12)7-13-9/h3-4,7H,5-6H2,1-2H3,(H,14,15). The van der Waals surface area contributed by atoms with E-state index in [1.165, 1.54) is 6.92 Å². The topological polar surface area (TPSA) is 84.3 Å². The first kappa shape index (κ1) is 15.1. The van der Waals surface area contributed by atoms with Crippen LogP contribution in [0.5, 0.6) is 0 Å². The summed E-state index contributed by atoms with van der Waals surface area (Å²) in [5.41, 5.74) is 0.661. The van der Waals surface area contributed by atoms with Crippen LogP contribution in [-0.2, 0) is 21.1 Å². The Morgan fingerprint density at radius 1 is 1.50 bits per heavy atom. The summed E-state index contributed by atoms with van der Waals surface area (Å²) in [7, 11) is -3.68. The second kappa shape index (κ2) is 5.36. The van der Waals surface area contributed by atoms with Gasteiger partial charge in [-0.3, -0.25) is 9.78 Å². The number of halogens is 1. The molecule has 0 saturated carbocycles. The molecule has 0 aliphatic rings. The summed E-state index contributed by atoms with van der Waals surface area (Å²) < 4.78 is 22.2. The molecule has 0 aliphatic carbocycles. The average Bonchev–Trinajstić information content (AvgIpc) is 2.26. The number of hydrogen-bond acceptors (Lipinski definition) is 4. The van der Waals surface area contributed by atoms with Gasteiger partial charge in [-0.1, -0.05) is 0 Å². The van der Waals surface area contributed by atoms with Crippen LogP contribution in [0.15, 0.2) is 22.8 Å². The highest BCUT2D eigenvalue weighted by Gasteiger charge is 2.43. The van der Waals surface area contributed by atoms with Crippen molar-refractivity contribution in [2.75, 3.05) is 6.26 Å². The fourth-order valence-corrected chi connectivity index (χ4v) is 2.40. The van der Waals surface area contributed by atoms with E-state index in [0.29, 0.717) is 12.1 Å². The molecule has 1 heterocycles. The average molecular weight is 336 g/mol. The van der Waals surface area contributed by atoms with E-state index in [-0.39, 0.29) is 6.42 Å². The van der Waals surface area contributed by atoms with E-state index < -0.39 is 20.6 Å². The number of sulfone groups is 1. The Labute approximate surface area is 114 Å². The van der Waals surface area contributed by atoms with Crippen molar-refractivity contribution in [3.63, 3.8) is 0 Å². The molecular formula is C11H14BrNO4S. The quantitative estimate of drug-likeness (QED) is 0.884. The predicted molar refractivity (Wildman–Crippen MR) is 71.1 cm³/mol. The maximum Gasteiger partial charge on any atom is 0.324 e. The summed E-state index contributed by atoms with van der Waals surface area (Å²) >= 11 is 3.24. The molecule has 1 unspecified atom stereocenters. The van der Waals surface area contributed by atoms with Crippen molar-refractivity contribution < 1.29 is 18.3 Å². The fraction of sp³-hybridized carbons (Fsp3) is 0.455. The van der Waals surface area contributed by atoms with Gasteiger partial charge in [0.05, 0.1) is 0 Å². The fourth-order valence-electron chi connectivity index (χ4n) is 1.37. The SMILES string of the molecule is CC(CCc1ccc(Br)cn1)(C(=O)O)S(C)(=O)=O. The van der Waals surface area contributed by atoms with Gasteiger partial charge in [-0.2, -0.15) is 0 Å². The van der Waals surface area contributed by atoms with Crippen molar-refractivity contribution in [3.8, 4) is 0 Å². The van der Waals surface area contributed by atoms with E-state index in [9.17, 15) is 13.2 Å². The van der Waals surface area contributed by atoms with Crippen LogP contribution in [0.2, 0.25) is 0 Å². The smallest absolute Gasteiger partial charge is 0.324 e. The van der Waals surface area contributed by atoms with Gasteiger partial charge in [-0.05, 0) is 47.8 Å². The van der Waals surface area contributed by atoms with Gasteiger partial charge in [0.2, 0.25) is 0 Å². The first-order valence-electron chi connectivity index (χ1n) is 5.20. The molecule has 0 radical (unpaired) electrons. The first-order chi connectivity index (χ1) is 8.17. The van der Waals surface area contributed by atoms with Crippen LogP contribution in [0.25, 0.3) is 0 Å². The summed E-state index contributed by atoms with van der Waals surface area (Å²) in [6.07, 6.45) is 2.82. The van der Waals surface area contributed by atoms with Crippen LogP contribution in [-0.4, -0.2) is 35.5 Å². The summed E-state index contributed by atoms with van der Waals surface area (Å²) in [5.74, 6) is -1.33. The lowest BCUT2D eigenvalue weighted by Crippen LogP contribution is -2.43. The maximum absolute atomic E-state index is 11.6. The Morgan fingerprint density at radius 3 is 2.50 bits per heavy atom. The van der Waals surface area contributed by atoms with E-state index in [2.05, 4.69) is 20.9 Å². The molecule has 7 heteroatoms. The number of carboxylic acid groups (broad SMARTS) is 1. The number of aromatic nitrogens is 1. The third-order valence-corrected chi connectivity index (χ3v) is 5.40. The summed E-state index contributed by atoms with van der Waals surface area (Å²) in [6, 6.07) is 3.51. The molecule has 1 aromatic rings. The molecule has 0 spiro atoms. The van der Waals surface area contributed by atoms with Crippen LogP contribution in [0.3, 0.4) is 0 Å². The minimum Gasteiger partial charge on any atom is -0.480 e. The van der Waals surface area contributed by atoms with E-state index in [4.69, 9.17) is 5.11 Å². The zero-order valence-electron chi connectivity index (χ0n) is 10.1. The van der Waals surface area contributed by atoms with E-state index in [1.807, 2.05) is 0 Å². The molecular weight excluding hydrogens is 322 g/mol. The maximum atomic E-state index is 11.6. The summed E-state index contributed by atoms with van der Waals surface area (Å²) in [4.78, 5) is 15.2. The lowest BCUT2D eigenvalue weighted by molar-refractivity contribution is -0.139. The van der Waals surface area contributed by atoms with Gasteiger partial charge in [0.15, 0.2) is 14.6 Å². The first-order valence-corrected chi connectivity index (χ1v) is 7.89. The van der Waals surface area contributed by atoms with Crippen LogP contribution >= 0.6 is 15.9 Å². The lowest BCUT2D eigenvalue weighted by Gasteiger charge is -2.22. The largest absolute Gasteiger partial charge is 0.480 e. The Balaban J connectivity index is 2.88. The molecule has 18 heavy (non-hydrogen) atoms. The van der Waals surface area contributed by atoms with Crippen molar-refractivity contribution in [3.05, 3.63) is 28.5 Å². The molecule has 0 amide bonds. The highest BCUT2D eigenvalue weighted by atomic mass is 79.9. The molecule has 0 saturated heterocycles. The van der Waals surface area contributed by atoms with Gasteiger partial charge in [-0.15, -0.1) is 0 Å². The zero-order chi connectivity index (χ0) is 14.0. The number of hydrogen-bond donors (Lipinski definition) is 1. The number of aryl methyl sites for hydroxylation is 1. The van der Waals surface area contributed by atoms with Gasteiger partial charge in [0, 0.05) is 22.6 Å². The van der Waals surface area contributed by atoms with Crippen LogP contribution < -0.4 is 0 Å². The van der Waals surface area contributed by atoms with Crippen LogP contribution in [0, 0.1) is 0 Å². The molecule has 5 nitrogen and oxygen atoms in total. The Morgan fingerprint density at radius 2 is 2.11 bits per heavy atom. The minimum atomic E-state index is -3.68. The van der Waals surface area contributed by atoms with Crippen molar-refractivity contribution in [1.29, 1.82) is 0 Å². The number of rotatable bonds is 5. The Hall–Kier alpha value is -0.950. The molecule has 0 aliphatic heterocycles. The van der Waals surface area contributed by atoms with Gasteiger partial charge in [0.25, 0.3) is 0 Å². The van der Waals surface area contributed by atoms with Crippen molar-refractivity contribution in [2.45, 2.75) is 24.5 Å². The number of nitrogens with zero attached hydrogens (tertiary/aromatic N) is 1. The van der Waals surface area contributed by atoms with E-state index >= 15 is 0 Å². The lowest BCUT2D eigenvalue weighted by atomic mass is 10.0. The van der Waals surface area contributed by atoms with Crippen LogP contribution in [0.4, 0.5) is 0 Å². The molecule has 100 valence electrons. The number of carboxylic acids is 1. The monoisotopic (exact) mass is 335 g/mol. The highest BCUT2D eigenvalue weighted by molar-refractivity contribution is 9.10. The van der Waals surface area contributed by atoms with E-state index in [0.717, 1.165) is 10.7 Å². The third-order valence-electron chi connectivity index (χ3n) is 2.92. The van der Waals surface area contributed by atoms with Gasteiger partial charge in [-0.25, -0.2) is 8.42 Å². The third kappa shape index (κ3) is 3.29. The summed E-state index contributed by atoms with van der Waals surface area (Å²) in [6.45, 7) is 1.23. The van der Waals surface area contributed by atoms with Crippen molar-refractivity contribution >= 4 is 31.7 Å². The highest BCUT2D eigenvalue weighted by Crippen LogP contribution is 2.23. The number of pyridine rings is 1. The number of aliphatic carboxylic acids is 1. The number of carbonyl (C=O) groups is 1. The zero-order valence-corrected chi connectivity index (χ0v) is 12.5. The van der Waals surface area contributed by atoms with E-state index in [1.54, 1.807) is 18.3 Å². The second-order valence-electron chi connectivity index (χ2n) is 4.28. The molecule has 0 fully saturated rings. The molecule has 1 atom stereocenters. The molecule has 1 N–H and O–H groups in total. The Bertz CT molecular complexity index is 541. The van der Waals surface area contributed by atoms with Crippen LogP contribution in [0.1, 0.15) is 19.0 Å². The van der Waals surface area contributed by atoms with Gasteiger partial charge in [0.1, 0.15) is 0 Å². The molecule has 1 rings (SSSR count). The van der Waals surface area contributed by atoms with Crippen molar-refractivity contribution in [1.82, 2.24) is 4.98 Å². The minimum absolute atomic E-state index is 0.00417. The molecule has 0 aromatic carbocycles. The summed E-state index contributed by atoms with van der Waals surface area (Å²) in [5, 5.41) is 9.08. The van der Waals surface area contributed by atoms with Gasteiger partial charge >= 0.3 is 5.97 Å². The predicted octanol–water partition coefficient (Wildman–Crippen LogP) is 1.66. The Kier molecular flexibility index (Phi) is 4.50. The molecule has 0 bridgehead atoms. The van der Waals surface area contributed by atoms with Gasteiger partial charge < -0.3 is 5.11 Å². The molecule has 1 aromatic heterocycles. The van der Waals surface area contributed by atoms with Crippen molar-refractivity contribution in [2.24, 2.45) is 0 Å². The normalized spacial score (nSPS) is 15.1.